The molecule has 2 aromatic rings. The summed E-state index contributed by atoms with van der Waals surface area (Å²) in [4.78, 5) is 6.13. The molecule has 1 atom stereocenters. The lowest BCUT2D eigenvalue weighted by atomic mass is 10.0. The zero-order valence-electron chi connectivity index (χ0n) is 10.7. The van der Waals surface area contributed by atoms with Crippen molar-refractivity contribution < 1.29 is 0 Å². The van der Waals surface area contributed by atoms with Crippen LogP contribution in [0.5, 0.6) is 0 Å². The number of hydrogen-bond donors (Lipinski definition) is 1. The Kier molecular flexibility index (Phi) is 2.58. The summed E-state index contributed by atoms with van der Waals surface area (Å²) in [5, 5.41) is 1.36. The minimum Gasteiger partial charge on any atom is -0.355 e. The van der Waals surface area contributed by atoms with E-state index in [1.807, 2.05) is 0 Å². The normalized spacial score (nSPS) is 21.1. The van der Waals surface area contributed by atoms with Gasteiger partial charge in [0.25, 0.3) is 0 Å². The highest BCUT2D eigenvalue weighted by Crippen LogP contribution is 2.31. The van der Waals surface area contributed by atoms with E-state index < -0.39 is 0 Å². The monoisotopic (exact) mass is 228 g/mol. The number of aryl methyl sites for hydroxylation is 1. The Labute approximate surface area is 103 Å². The maximum atomic E-state index is 3.59. The van der Waals surface area contributed by atoms with Gasteiger partial charge in [0, 0.05) is 23.5 Å². The number of piperidine rings is 1. The predicted octanol–water partition coefficient (Wildman–Crippen LogP) is 3.86. The van der Waals surface area contributed by atoms with Crippen LogP contribution in [-0.4, -0.2) is 17.6 Å². The lowest BCUT2D eigenvalue weighted by molar-refractivity contribution is 0.481. The van der Waals surface area contributed by atoms with E-state index in [2.05, 4.69) is 48.0 Å². The third-order valence-corrected chi connectivity index (χ3v) is 4.03. The van der Waals surface area contributed by atoms with E-state index in [9.17, 15) is 0 Å². The summed E-state index contributed by atoms with van der Waals surface area (Å²) in [5.41, 5.74) is 2.66. The molecule has 1 aromatic carbocycles. The lowest BCUT2D eigenvalue weighted by Crippen LogP contribution is -2.38. The van der Waals surface area contributed by atoms with Gasteiger partial charge in [-0.2, -0.15) is 0 Å². The second-order valence-corrected chi connectivity index (χ2v) is 5.18. The highest BCUT2D eigenvalue weighted by atomic mass is 15.2. The predicted molar refractivity (Wildman–Crippen MR) is 73.7 cm³/mol. The van der Waals surface area contributed by atoms with E-state index in [4.69, 9.17) is 0 Å². The van der Waals surface area contributed by atoms with Crippen molar-refractivity contribution in [3.8, 4) is 0 Å². The minimum absolute atomic E-state index is 0.663. The topological polar surface area (TPSA) is 19.0 Å². The van der Waals surface area contributed by atoms with E-state index in [0.29, 0.717) is 6.04 Å². The first-order chi connectivity index (χ1) is 8.27. The molecule has 1 N–H and O–H groups in total. The van der Waals surface area contributed by atoms with Gasteiger partial charge in [0.2, 0.25) is 0 Å². The van der Waals surface area contributed by atoms with Crippen molar-refractivity contribution in [1.29, 1.82) is 0 Å². The van der Waals surface area contributed by atoms with Gasteiger partial charge in [-0.1, -0.05) is 18.2 Å². The van der Waals surface area contributed by atoms with E-state index in [0.717, 1.165) is 0 Å². The first kappa shape index (κ1) is 10.7. The van der Waals surface area contributed by atoms with Gasteiger partial charge in [-0.15, -0.1) is 0 Å². The standard InChI is InChI=1S/C15H20N2/c1-11-7-5-6-10-17(11)15-12(2)13-8-3-4-9-14(13)16-15/h3-4,8-9,11,16H,5-7,10H2,1-2H3. The second kappa shape index (κ2) is 4.10. The molecule has 17 heavy (non-hydrogen) atoms. The van der Waals surface area contributed by atoms with Gasteiger partial charge in [-0.25, -0.2) is 0 Å². The molecule has 2 nitrogen and oxygen atoms in total. The lowest BCUT2D eigenvalue weighted by Gasteiger charge is -2.34. The average Bonchev–Trinajstić information content (AvgIpc) is 2.68. The molecular weight excluding hydrogens is 208 g/mol. The molecule has 1 saturated heterocycles. The number of aromatic amines is 1. The van der Waals surface area contributed by atoms with Gasteiger partial charge in [0.1, 0.15) is 5.82 Å². The van der Waals surface area contributed by atoms with Crippen LogP contribution in [0.3, 0.4) is 0 Å². The quantitative estimate of drug-likeness (QED) is 0.785. The largest absolute Gasteiger partial charge is 0.355 e. The molecule has 1 aliphatic rings. The number of fused-ring (bicyclic) bond motifs is 1. The van der Waals surface area contributed by atoms with E-state index >= 15 is 0 Å². The number of nitrogens with one attached hydrogen (secondary N) is 1. The first-order valence-corrected chi connectivity index (χ1v) is 6.61. The zero-order valence-corrected chi connectivity index (χ0v) is 10.7. The number of rotatable bonds is 1. The van der Waals surface area contributed by atoms with Gasteiger partial charge >= 0.3 is 0 Å². The molecule has 1 aromatic heterocycles. The third kappa shape index (κ3) is 1.72. The summed E-state index contributed by atoms with van der Waals surface area (Å²) in [5.74, 6) is 1.33. The van der Waals surface area contributed by atoms with Crippen LogP contribution in [0.1, 0.15) is 31.7 Å². The molecule has 0 amide bonds. The molecule has 1 aliphatic heterocycles. The van der Waals surface area contributed by atoms with Crippen molar-refractivity contribution in [3.63, 3.8) is 0 Å². The first-order valence-electron chi connectivity index (χ1n) is 6.61. The summed E-state index contributed by atoms with van der Waals surface area (Å²) in [6, 6.07) is 9.25. The van der Waals surface area contributed by atoms with Crippen molar-refractivity contribution in [3.05, 3.63) is 29.8 Å². The molecule has 1 fully saturated rings. The molecule has 0 radical (unpaired) electrons. The van der Waals surface area contributed by atoms with Gasteiger partial charge < -0.3 is 9.88 Å². The fourth-order valence-electron chi connectivity index (χ4n) is 2.99. The summed E-state index contributed by atoms with van der Waals surface area (Å²) in [6.07, 6.45) is 4.00. The minimum atomic E-state index is 0.663. The smallest absolute Gasteiger partial charge is 0.110 e. The van der Waals surface area contributed by atoms with Crippen molar-refractivity contribution in [2.75, 3.05) is 11.4 Å². The molecule has 0 aliphatic carbocycles. The highest BCUT2D eigenvalue weighted by molar-refractivity contribution is 5.88. The average molecular weight is 228 g/mol. The van der Waals surface area contributed by atoms with Crippen LogP contribution in [0, 0.1) is 6.92 Å². The Morgan fingerprint density at radius 2 is 2.06 bits per heavy atom. The van der Waals surface area contributed by atoms with E-state index in [1.165, 1.54) is 48.1 Å². The van der Waals surface area contributed by atoms with Crippen LogP contribution in [0.25, 0.3) is 10.9 Å². The molecule has 1 unspecified atom stereocenters. The number of nitrogens with zero attached hydrogens (tertiary/aromatic N) is 1. The Morgan fingerprint density at radius 3 is 2.82 bits per heavy atom. The maximum Gasteiger partial charge on any atom is 0.110 e. The third-order valence-electron chi connectivity index (χ3n) is 4.03. The molecule has 0 bridgehead atoms. The summed E-state index contributed by atoms with van der Waals surface area (Å²) in [7, 11) is 0. The van der Waals surface area contributed by atoms with Gasteiger partial charge in [0.05, 0.1) is 0 Å². The Morgan fingerprint density at radius 1 is 1.24 bits per heavy atom. The number of hydrogen-bond acceptors (Lipinski definition) is 1. The van der Waals surface area contributed by atoms with Crippen LogP contribution in [0.15, 0.2) is 24.3 Å². The fourth-order valence-corrected chi connectivity index (χ4v) is 2.99. The molecule has 3 rings (SSSR count). The number of anilines is 1. The maximum absolute atomic E-state index is 3.59. The molecular formula is C15H20N2. The van der Waals surface area contributed by atoms with Crippen molar-refractivity contribution in [2.24, 2.45) is 0 Å². The summed E-state index contributed by atoms with van der Waals surface area (Å²) in [6.45, 7) is 5.76. The van der Waals surface area contributed by atoms with Crippen LogP contribution in [-0.2, 0) is 0 Å². The second-order valence-electron chi connectivity index (χ2n) is 5.18. The highest BCUT2D eigenvalue weighted by Gasteiger charge is 2.21. The van der Waals surface area contributed by atoms with Gasteiger partial charge in [-0.3, -0.25) is 0 Å². The van der Waals surface area contributed by atoms with E-state index in [-0.39, 0.29) is 0 Å². The van der Waals surface area contributed by atoms with Crippen LogP contribution < -0.4 is 4.90 Å². The molecule has 0 spiro atoms. The van der Waals surface area contributed by atoms with Crippen molar-refractivity contribution in [1.82, 2.24) is 4.98 Å². The van der Waals surface area contributed by atoms with Crippen molar-refractivity contribution >= 4 is 16.7 Å². The van der Waals surface area contributed by atoms with Crippen LogP contribution >= 0.6 is 0 Å². The van der Waals surface area contributed by atoms with Crippen molar-refractivity contribution in [2.45, 2.75) is 39.2 Å². The molecule has 90 valence electrons. The fraction of sp³-hybridized carbons (Fsp3) is 0.467. The van der Waals surface area contributed by atoms with Gasteiger partial charge in [-0.05, 0) is 44.7 Å². The van der Waals surface area contributed by atoms with Crippen LogP contribution in [0.2, 0.25) is 0 Å². The van der Waals surface area contributed by atoms with Gasteiger partial charge in [0.15, 0.2) is 0 Å². The number of para-hydroxylation sites is 1. The summed E-state index contributed by atoms with van der Waals surface area (Å²) < 4.78 is 0. The molecule has 2 heterocycles. The summed E-state index contributed by atoms with van der Waals surface area (Å²) >= 11 is 0. The molecule has 0 saturated carbocycles. The van der Waals surface area contributed by atoms with E-state index in [1.54, 1.807) is 0 Å². The Hall–Kier alpha value is -1.44. The molecule has 2 heteroatoms. The van der Waals surface area contributed by atoms with Crippen LogP contribution in [0.4, 0.5) is 5.82 Å². The SMILES string of the molecule is Cc1c(N2CCCCC2C)[nH]c2ccccc12. The Balaban J connectivity index is 2.07. The number of H-pyrrole nitrogens is 1. The zero-order chi connectivity index (χ0) is 11.8. The Bertz CT molecular complexity index is 527. The number of benzene rings is 1. The number of aromatic nitrogens is 1.